The average Bonchev–Trinajstić information content (AvgIpc) is 3.35. The van der Waals surface area contributed by atoms with E-state index < -0.39 is 0 Å². The van der Waals surface area contributed by atoms with E-state index in [1.807, 2.05) is 12.1 Å². The van der Waals surface area contributed by atoms with E-state index in [-0.39, 0.29) is 17.7 Å². The number of amides is 1. The Morgan fingerprint density at radius 2 is 2.08 bits per heavy atom. The molecule has 0 N–H and O–H groups in total. The number of carbonyl (C=O) groups excluding carboxylic acids is 1. The largest absolute Gasteiger partial charge is 0.472 e. The van der Waals surface area contributed by atoms with Gasteiger partial charge in [0.05, 0.1) is 17.7 Å². The first kappa shape index (κ1) is 14.6. The van der Waals surface area contributed by atoms with Crippen LogP contribution in [0.4, 0.5) is 0 Å². The lowest BCUT2D eigenvalue weighted by atomic mass is 9.98. The number of nitrogens with zero attached hydrogens (tertiary/aromatic N) is 4. The first-order valence-electron chi connectivity index (χ1n) is 7.78. The van der Waals surface area contributed by atoms with Crippen LogP contribution in [0.1, 0.15) is 29.1 Å². The molecule has 0 aliphatic carbocycles. The van der Waals surface area contributed by atoms with Gasteiger partial charge >= 0.3 is 0 Å². The van der Waals surface area contributed by atoms with Crippen LogP contribution in [-0.2, 0) is 0 Å². The molecule has 1 amide bonds. The number of hydrogen-bond acceptors (Lipinski definition) is 6. The lowest BCUT2D eigenvalue weighted by Crippen LogP contribution is -2.28. The van der Waals surface area contributed by atoms with Crippen molar-refractivity contribution in [3.8, 4) is 11.4 Å². The maximum absolute atomic E-state index is 12.4. The second-order valence-electron chi connectivity index (χ2n) is 6.00. The van der Waals surface area contributed by atoms with E-state index in [1.165, 1.54) is 12.5 Å². The minimum absolute atomic E-state index is 0.0314. The average molecular weight is 324 g/mol. The number of furan rings is 1. The van der Waals surface area contributed by atoms with Crippen LogP contribution in [0, 0.1) is 5.92 Å². The SMILES string of the molecule is CC1CN(C(=O)c2ccoc2)CC1c1nc(-c2ccncc2)no1. The van der Waals surface area contributed by atoms with Gasteiger partial charge in [0.1, 0.15) is 6.26 Å². The van der Waals surface area contributed by atoms with Crippen molar-refractivity contribution < 1.29 is 13.7 Å². The van der Waals surface area contributed by atoms with E-state index in [4.69, 9.17) is 8.94 Å². The molecule has 0 radical (unpaired) electrons. The molecule has 1 fully saturated rings. The lowest BCUT2D eigenvalue weighted by Gasteiger charge is -2.14. The van der Waals surface area contributed by atoms with Crippen molar-refractivity contribution in [2.45, 2.75) is 12.8 Å². The predicted octanol–water partition coefficient (Wildman–Crippen LogP) is 2.60. The van der Waals surface area contributed by atoms with Crippen LogP contribution in [0.25, 0.3) is 11.4 Å². The van der Waals surface area contributed by atoms with E-state index in [9.17, 15) is 4.79 Å². The van der Waals surface area contributed by atoms with Crippen molar-refractivity contribution in [2.24, 2.45) is 5.92 Å². The van der Waals surface area contributed by atoms with Crippen molar-refractivity contribution in [1.82, 2.24) is 20.0 Å². The van der Waals surface area contributed by atoms with Crippen molar-refractivity contribution in [3.05, 3.63) is 54.6 Å². The number of rotatable bonds is 3. The molecule has 4 heterocycles. The molecule has 0 aromatic carbocycles. The number of carbonyl (C=O) groups is 1. The van der Waals surface area contributed by atoms with Gasteiger partial charge in [0.15, 0.2) is 0 Å². The maximum atomic E-state index is 12.4. The highest BCUT2D eigenvalue weighted by Crippen LogP contribution is 2.33. The van der Waals surface area contributed by atoms with Crippen LogP contribution in [0.5, 0.6) is 0 Å². The van der Waals surface area contributed by atoms with E-state index in [2.05, 4.69) is 22.0 Å². The van der Waals surface area contributed by atoms with Gasteiger partial charge in [0.25, 0.3) is 5.91 Å². The van der Waals surface area contributed by atoms with Gasteiger partial charge in [0, 0.05) is 31.0 Å². The minimum Gasteiger partial charge on any atom is -0.472 e. The van der Waals surface area contributed by atoms with E-state index in [1.54, 1.807) is 23.4 Å². The summed E-state index contributed by atoms with van der Waals surface area (Å²) < 4.78 is 10.4. The first-order chi connectivity index (χ1) is 11.7. The summed E-state index contributed by atoms with van der Waals surface area (Å²) in [6.07, 6.45) is 6.35. The molecule has 7 nitrogen and oxygen atoms in total. The Balaban J connectivity index is 1.53. The normalized spacial score (nSPS) is 20.5. The fourth-order valence-electron chi connectivity index (χ4n) is 3.03. The van der Waals surface area contributed by atoms with Crippen molar-refractivity contribution in [2.75, 3.05) is 13.1 Å². The third kappa shape index (κ3) is 2.58. The van der Waals surface area contributed by atoms with Crippen molar-refractivity contribution in [1.29, 1.82) is 0 Å². The molecule has 3 aromatic rings. The van der Waals surface area contributed by atoms with E-state index >= 15 is 0 Å². The smallest absolute Gasteiger partial charge is 0.257 e. The zero-order valence-electron chi connectivity index (χ0n) is 13.1. The lowest BCUT2D eigenvalue weighted by molar-refractivity contribution is 0.0785. The molecule has 0 spiro atoms. The summed E-state index contributed by atoms with van der Waals surface area (Å²) in [6.45, 7) is 3.30. The van der Waals surface area contributed by atoms with Gasteiger partial charge in [-0.1, -0.05) is 12.1 Å². The Labute approximate surface area is 138 Å². The maximum Gasteiger partial charge on any atom is 0.257 e. The van der Waals surface area contributed by atoms with Crippen LogP contribution in [0.15, 0.2) is 52.1 Å². The molecule has 2 unspecified atom stereocenters. The standard InChI is InChI=1S/C17H16N4O3/c1-11-8-21(17(22)13-4-7-23-10-13)9-14(11)16-19-15(20-24-16)12-2-5-18-6-3-12/h2-7,10-11,14H,8-9H2,1H3. The summed E-state index contributed by atoms with van der Waals surface area (Å²) in [7, 11) is 0. The third-order valence-electron chi connectivity index (χ3n) is 4.37. The van der Waals surface area contributed by atoms with Crippen LogP contribution in [-0.4, -0.2) is 39.0 Å². The quantitative estimate of drug-likeness (QED) is 0.736. The molecule has 3 aromatic heterocycles. The van der Waals surface area contributed by atoms with Crippen molar-refractivity contribution >= 4 is 5.91 Å². The number of hydrogen-bond donors (Lipinski definition) is 0. The monoisotopic (exact) mass is 324 g/mol. The third-order valence-corrected chi connectivity index (χ3v) is 4.37. The molecule has 7 heteroatoms. The molecule has 1 saturated heterocycles. The second-order valence-corrected chi connectivity index (χ2v) is 6.00. The highest BCUT2D eigenvalue weighted by molar-refractivity contribution is 5.94. The van der Waals surface area contributed by atoms with E-state index in [0.29, 0.717) is 30.4 Å². The van der Waals surface area contributed by atoms with Gasteiger partial charge in [-0.3, -0.25) is 9.78 Å². The summed E-state index contributed by atoms with van der Waals surface area (Å²) in [5, 5.41) is 4.05. The summed E-state index contributed by atoms with van der Waals surface area (Å²) in [5.74, 6) is 1.35. The highest BCUT2D eigenvalue weighted by Gasteiger charge is 2.37. The number of pyridine rings is 1. The number of aromatic nitrogens is 3. The molecule has 0 bridgehead atoms. The Bertz CT molecular complexity index is 829. The summed E-state index contributed by atoms with van der Waals surface area (Å²) in [5.41, 5.74) is 1.42. The summed E-state index contributed by atoms with van der Waals surface area (Å²) in [6, 6.07) is 5.34. The molecule has 0 saturated carbocycles. The second kappa shape index (κ2) is 5.92. The molecule has 1 aliphatic rings. The molecule has 24 heavy (non-hydrogen) atoms. The minimum atomic E-state index is -0.0352. The topological polar surface area (TPSA) is 85.3 Å². The Morgan fingerprint density at radius 3 is 2.83 bits per heavy atom. The Morgan fingerprint density at radius 1 is 1.25 bits per heavy atom. The van der Waals surface area contributed by atoms with Gasteiger partial charge in [-0.25, -0.2) is 0 Å². The molecule has 1 aliphatic heterocycles. The van der Waals surface area contributed by atoms with Crippen LogP contribution >= 0.6 is 0 Å². The molecular weight excluding hydrogens is 308 g/mol. The summed E-state index contributed by atoms with van der Waals surface area (Å²) in [4.78, 5) is 22.7. The molecule has 4 rings (SSSR count). The Kier molecular flexibility index (Phi) is 3.60. The fourth-order valence-corrected chi connectivity index (χ4v) is 3.03. The molecular formula is C17H16N4O3. The van der Waals surface area contributed by atoms with Crippen LogP contribution in [0.3, 0.4) is 0 Å². The zero-order valence-corrected chi connectivity index (χ0v) is 13.1. The van der Waals surface area contributed by atoms with Crippen molar-refractivity contribution in [3.63, 3.8) is 0 Å². The predicted molar refractivity (Wildman–Crippen MR) is 84.0 cm³/mol. The first-order valence-corrected chi connectivity index (χ1v) is 7.78. The Hall–Kier alpha value is -2.96. The van der Waals surface area contributed by atoms with Gasteiger partial charge in [-0.05, 0) is 24.1 Å². The van der Waals surface area contributed by atoms with Crippen LogP contribution in [0.2, 0.25) is 0 Å². The van der Waals surface area contributed by atoms with Gasteiger partial charge in [-0.15, -0.1) is 0 Å². The highest BCUT2D eigenvalue weighted by atomic mass is 16.5. The van der Waals surface area contributed by atoms with Gasteiger partial charge < -0.3 is 13.8 Å². The molecule has 2 atom stereocenters. The van der Waals surface area contributed by atoms with Crippen LogP contribution < -0.4 is 0 Å². The summed E-state index contributed by atoms with van der Waals surface area (Å²) >= 11 is 0. The molecule has 122 valence electrons. The van der Waals surface area contributed by atoms with E-state index in [0.717, 1.165) is 5.56 Å². The zero-order chi connectivity index (χ0) is 16.5. The van der Waals surface area contributed by atoms with Gasteiger partial charge in [0.2, 0.25) is 11.7 Å². The fraction of sp³-hybridized carbons (Fsp3) is 0.294. The number of likely N-dealkylation sites (tertiary alicyclic amines) is 1. The van der Waals surface area contributed by atoms with Gasteiger partial charge in [-0.2, -0.15) is 4.98 Å².